The summed E-state index contributed by atoms with van der Waals surface area (Å²) in [7, 11) is 0. The number of nitrogens with zero attached hydrogens (tertiary/aromatic N) is 1. The number of rotatable bonds is 5. The second-order valence-electron chi connectivity index (χ2n) is 6.09. The summed E-state index contributed by atoms with van der Waals surface area (Å²) in [5.74, 6) is 0.707. The maximum atomic E-state index is 6.00. The van der Waals surface area contributed by atoms with Crippen LogP contribution in [0.2, 0.25) is 0 Å². The Balaban J connectivity index is 1.76. The molecule has 0 aromatic rings. The van der Waals surface area contributed by atoms with Crippen LogP contribution in [0.3, 0.4) is 0 Å². The predicted molar refractivity (Wildman–Crippen MR) is 75.4 cm³/mol. The van der Waals surface area contributed by atoms with Crippen molar-refractivity contribution in [1.82, 2.24) is 4.90 Å². The van der Waals surface area contributed by atoms with Crippen LogP contribution >= 0.6 is 0 Å². The Kier molecular flexibility index (Phi) is 6.57. The van der Waals surface area contributed by atoms with Crippen LogP contribution in [0, 0.1) is 5.92 Å². The van der Waals surface area contributed by atoms with E-state index in [2.05, 4.69) is 18.7 Å². The Morgan fingerprint density at radius 1 is 1.16 bits per heavy atom. The molecule has 2 rings (SSSR count). The molecule has 0 N–H and O–H groups in total. The van der Waals surface area contributed by atoms with Gasteiger partial charge < -0.3 is 14.2 Å². The monoisotopic (exact) mass is 271 g/mol. The van der Waals surface area contributed by atoms with Gasteiger partial charge in [-0.3, -0.25) is 4.90 Å². The summed E-state index contributed by atoms with van der Waals surface area (Å²) in [5, 5.41) is 0. The van der Waals surface area contributed by atoms with Crippen molar-refractivity contribution in [3.8, 4) is 0 Å². The van der Waals surface area contributed by atoms with Crippen molar-refractivity contribution in [1.29, 1.82) is 0 Å². The second kappa shape index (κ2) is 8.20. The first-order valence-corrected chi connectivity index (χ1v) is 7.77. The van der Waals surface area contributed by atoms with E-state index in [1.807, 2.05) is 0 Å². The Labute approximate surface area is 117 Å². The molecule has 0 aromatic carbocycles. The summed E-state index contributed by atoms with van der Waals surface area (Å²) >= 11 is 0. The van der Waals surface area contributed by atoms with Crippen molar-refractivity contribution < 1.29 is 14.2 Å². The van der Waals surface area contributed by atoms with Gasteiger partial charge in [-0.25, -0.2) is 0 Å². The van der Waals surface area contributed by atoms with Gasteiger partial charge in [-0.05, 0) is 25.2 Å². The lowest BCUT2D eigenvalue weighted by molar-refractivity contribution is -0.0199. The maximum Gasteiger partial charge on any atom is 0.0935 e. The van der Waals surface area contributed by atoms with Gasteiger partial charge in [-0.2, -0.15) is 0 Å². The molecule has 112 valence electrons. The molecule has 19 heavy (non-hydrogen) atoms. The van der Waals surface area contributed by atoms with Gasteiger partial charge in [0.15, 0.2) is 0 Å². The van der Waals surface area contributed by atoms with Crippen molar-refractivity contribution in [3.63, 3.8) is 0 Å². The molecule has 1 atom stereocenters. The third kappa shape index (κ3) is 5.38. The Morgan fingerprint density at radius 2 is 1.95 bits per heavy atom. The third-order valence-electron chi connectivity index (χ3n) is 4.02. The average molecular weight is 271 g/mol. The normalized spacial score (nSPS) is 27.6. The minimum absolute atomic E-state index is 0.240. The van der Waals surface area contributed by atoms with E-state index in [4.69, 9.17) is 14.2 Å². The van der Waals surface area contributed by atoms with Crippen LogP contribution in [-0.2, 0) is 14.2 Å². The van der Waals surface area contributed by atoms with Crippen molar-refractivity contribution in [2.45, 2.75) is 45.3 Å². The van der Waals surface area contributed by atoms with E-state index in [0.29, 0.717) is 12.0 Å². The van der Waals surface area contributed by atoms with Crippen molar-refractivity contribution in [3.05, 3.63) is 0 Å². The highest BCUT2D eigenvalue weighted by Gasteiger charge is 2.26. The fraction of sp³-hybridized carbons (Fsp3) is 1.00. The first-order valence-electron chi connectivity index (χ1n) is 7.77. The predicted octanol–water partition coefficient (Wildman–Crippen LogP) is 1.93. The summed E-state index contributed by atoms with van der Waals surface area (Å²) in [6, 6.07) is 0.659. The lowest BCUT2D eigenvalue weighted by Gasteiger charge is -2.34. The zero-order valence-corrected chi connectivity index (χ0v) is 12.5. The SMILES string of the molecule is CC(C)CCOC1COCCN(C2CCOCC2)C1. The van der Waals surface area contributed by atoms with E-state index in [0.717, 1.165) is 65.4 Å². The van der Waals surface area contributed by atoms with Crippen LogP contribution in [0.5, 0.6) is 0 Å². The molecule has 0 radical (unpaired) electrons. The van der Waals surface area contributed by atoms with Gasteiger partial charge in [-0.15, -0.1) is 0 Å². The minimum Gasteiger partial charge on any atom is -0.381 e. The van der Waals surface area contributed by atoms with Crippen LogP contribution in [0.25, 0.3) is 0 Å². The van der Waals surface area contributed by atoms with E-state index >= 15 is 0 Å². The Bertz CT molecular complexity index is 242. The standard InChI is InChI=1S/C15H29NO3/c1-13(2)3-9-19-15-11-16(6-10-18-12-15)14-4-7-17-8-5-14/h13-15H,3-12H2,1-2H3. The topological polar surface area (TPSA) is 30.9 Å². The quantitative estimate of drug-likeness (QED) is 0.764. The fourth-order valence-corrected chi connectivity index (χ4v) is 2.76. The molecule has 0 spiro atoms. The van der Waals surface area contributed by atoms with Gasteiger partial charge in [0, 0.05) is 39.0 Å². The molecule has 0 aliphatic carbocycles. The van der Waals surface area contributed by atoms with Gasteiger partial charge in [0.1, 0.15) is 0 Å². The van der Waals surface area contributed by atoms with Gasteiger partial charge in [-0.1, -0.05) is 13.8 Å². The molecule has 2 saturated heterocycles. The zero-order valence-electron chi connectivity index (χ0n) is 12.5. The molecule has 0 amide bonds. The van der Waals surface area contributed by atoms with Crippen LogP contribution < -0.4 is 0 Å². The van der Waals surface area contributed by atoms with Crippen LogP contribution in [0.1, 0.15) is 33.1 Å². The molecule has 4 heteroatoms. The van der Waals surface area contributed by atoms with Crippen LogP contribution in [0.15, 0.2) is 0 Å². The molecule has 2 aliphatic rings. The van der Waals surface area contributed by atoms with E-state index in [1.165, 1.54) is 0 Å². The highest BCUT2D eigenvalue weighted by molar-refractivity contribution is 4.79. The third-order valence-corrected chi connectivity index (χ3v) is 4.02. The molecule has 2 aliphatic heterocycles. The second-order valence-corrected chi connectivity index (χ2v) is 6.09. The van der Waals surface area contributed by atoms with E-state index < -0.39 is 0 Å². The molecule has 0 aromatic heterocycles. The number of ether oxygens (including phenoxy) is 3. The summed E-state index contributed by atoms with van der Waals surface area (Å²) in [4.78, 5) is 2.55. The summed E-state index contributed by atoms with van der Waals surface area (Å²) in [6.45, 7) is 10.8. The van der Waals surface area contributed by atoms with Gasteiger partial charge >= 0.3 is 0 Å². The van der Waals surface area contributed by atoms with Crippen LogP contribution in [0.4, 0.5) is 0 Å². The van der Waals surface area contributed by atoms with Gasteiger partial charge in [0.05, 0.1) is 19.3 Å². The first kappa shape index (κ1) is 15.2. The molecule has 2 heterocycles. The maximum absolute atomic E-state index is 6.00. The number of hydrogen-bond acceptors (Lipinski definition) is 4. The van der Waals surface area contributed by atoms with Gasteiger partial charge in [0.2, 0.25) is 0 Å². The molecule has 4 nitrogen and oxygen atoms in total. The van der Waals surface area contributed by atoms with Crippen molar-refractivity contribution in [2.24, 2.45) is 5.92 Å². The first-order chi connectivity index (χ1) is 9.25. The van der Waals surface area contributed by atoms with Crippen molar-refractivity contribution >= 4 is 0 Å². The number of hydrogen-bond donors (Lipinski definition) is 0. The molecular formula is C15H29NO3. The molecule has 0 saturated carbocycles. The molecule has 1 unspecified atom stereocenters. The Morgan fingerprint density at radius 3 is 2.68 bits per heavy atom. The van der Waals surface area contributed by atoms with Crippen LogP contribution in [-0.4, -0.2) is 63.2 Å². The van der Waals surface area contributed by atoms with E-state index in [-0.39, 0.29) is 6.10 Å². The minimum atomic E-state index is 0.240. The molecular weight excluding hydrogens is 242 g/mol. The fourth-order valence-electron chi connectivity index (χ4n) is 2.76. The summed E-state index contributed by atoms with van der Waals surface area (Å²) in [6.07, 6.45) is 3.68. The molecule has 0 bridgehead atoms. The van der Waals surface area contributed by atoms with E-state index in [1.54, 1.807) is 0 Å². The summed E-state index contributed by atoms with van der Waals surface area (Å²) < 4.78 is 17.1. The highest BCUT2D eigenvalue weighted by atomic mass is 16.5. The lowest BCUT2D eigenvalue weighted by atomic mass is 10.1. The molecule has 2 fully saturated rings. The average Bonchev–Trinajstić information content (AvgIpc) is 2.65. The highest BCUT2D eigenvalue weighted by Crippen LogP contribution is 2.17. The smallest absolute Gasteiger partial charge is 0.0935 e. The van der Waals surface area contributed by atoms with E-state index in [9.17, 15) is 0 Å². The largest absolute Gasteiger partial charge is 0.381 e. The lowest BCUT2D eigenvalue weighted by Crippen LogP contribution is -2.44. The Hall–Kier alpha value is -0.160. The van der Waals surface area contributed by atoms with Crippen molar-refractivity contribution in [2.75, 3.05) is 46.1 Å². The summed E-state index contributed by atoms with van der Waals surface area (Å²) in [5.41, 5.74) is 0. The zero-order chi connectivity index (χ0) is 13.5. The van der Waals surface area contributed by atoms with Gasteiger partial charge in [0.25, 0.3) is 0 Å².